The molecular formula is C25H34ClN3O3. The number of benzene rings is 2. The molecule has 1 amide bonds. The molecule has 174 valence electrons. The van der Waals surface area contributed by atoms with Gasteiger partial charge in [0.05, 0.1) is 24.5 Å². The molecule has 0 aliphatic carbocycles. The summed E-state index contributed by atoms with van der Waals surface area (Å²) in [5.74, 6) is 6.62. The summed E-state index contributed by atoms with van der Waals surface area (Å²) in [6.07, 6.45) is 4.28. The van der Waals surface area contributed by atoms with Crippen molar-refractivity contribution in [3.05, 3.63) is 58.6 Å². The van der Waals surface area contributed by atoms with E-state index in [0.717, 1.165) is 36.3 Å². The SMILES string of the molecule is CC(C)N(C(=O)c1cccc(OCCCCCOc2ccc(C=NN)c(Cl)c2)c1)C(C)C. The Hall–Kier alpha value is -2.73. The Labute approximate surface area is 196 Å². The average Bonchev–Trinajstić information content (AvgIpc) is 2.74. The Kier molecular flexibility index (Phi) is 10.3. The number of hydrogen-bond donors (Lipinski definition) is 1. The van der Waals surface area contributed by atoms with E-state index in [0.29, 0.717) is 23.8 Å². The topological polar surface area (TPSA) is 77.2 Å². The lowest BCUT2D eigenvalue weighted by molar-refractivity contribution is 0.0643. The second-order valence-corrected chi connectivity index (χ2v) is 8.55. The maximum absolute atomic E-state index is 12.9. The summed E-state index contributed by atoms with van der Waals surface area (Å²) in [6.45, 7) is 9.31. The van der Waals surface area contributed by atoms with Gasteiger partial charge in [0.1, 0.15) is 11.5 Å². The van der Waals surface area contributed by atoms with Gasteiger partial charge in [0.15, 0.2) is 0 Å². The van der Waals surface area contributed by atoms with Crippen LogP contribution in [0.5, 0.6) is 11.5 Å². The number of rotatable bonds is 12. The van der Waals surface area contributed by atoms with Crippen molar-refractivity contribution in [2.24, 2.45) is 10.9 Å². The maximum Gasteiger partial charge on any atom is 0.254 e. The fourth-order valence-electron chi connectivity index (χ4n) is 3.48. The van der Waals surface area contributed by atoms with Crippen molar-refractivity contribution in [3.8, 4) is 11.5 Å². The maximum atomic E-state index is 12.9. The first-order valence-corrected chi connectivity index (χ1v) is 11.4. The van der Waals surface area contributed by atoms with Crippen LogP contribution >= 0.6 is 11.6 Å². The van der Waals surface area contributed by atoms with Crippen molar-refractivity contribution < 1.29 is 14.3 Å². The molecule has 0 radical (unpaired) electrons. The molecule has 0 aromatic heterocycles. The number of nitrogens with two attached hydrogens (primary N) is 1. The van der Waals surface area contributed by atoms with Crippen LogP contribution in [-0.2, 0) is 0 Å². The van der Waals surface area contributed by atoms with Crippen molar-refractivity contribution >= 4 is 23.7 Å². The Balaban J connectivity index is 1.73. The van der Waals surface area contributed by atoms with Gasteiger partial charge in [0.25, 0.3) is 5.91 Å². The molecule has 0 spiro atoms. The zero-order valence-corrected chi connectivity index (χ0v) is 20.1. The molecule has 2 rings (SSSR count). The van der Waals surface area contributed by atoms with Crippen LogP contribution in [-0.4, -0.2) is 42.3 Å². The van der Waals surface area contributed by atoms with E-state index in [4.69, 9.17) is 26.9 Å². The number of unbranched alkanes of at least 4 members (excludes halogenated alkanes) is 2. The molecule has 0 saturated heterocycles. The van der Waals surface area contributed by atoms with Gasteiger partial charge in [-0.05, 0) is 83.4 Å². The van der Waals surface area contributed by atoms with Crippen LogP contribution in [0.4, 0.5) is 0 Å². The van der Waals surface area contributed by atoms with Gasteiger partial charge in [0.2, 0.25) is 0 Å². The van der Waals surface area contributed by atoms with Gasteiger partial charge in [-0.25, -0.2) is 0 Å². The first-order chi connectivity index (χ1) is 15.3. The van der Waals surface area contributed by atoms with E-state index in [9.17, 15) is 4.79 Å². The minimum Gasteiger partial charge on any atom is -0.494 e. The molecule has 32 heavy (non-hydrogen) atoms. The van der Waals surface area contributed by atoms with E-state index in [1.165, 1.54) is 6.21 Å². The van der Waals surface area contributed by atoms with Gasteiger partial charge in [-0.3, -0.25) is 4.79 Å². The third kappa shape index (κ3) is 7.75. The predicted molar refractivity (Wildman–Crippen MR) is 131 cm³/mol. The number of halogens is 1. The molecule has 0 bridgehead atoms. The monoisotopic (exact) mass is 459 g/mol. The normalized spacial score (nSPS) is 11.3. The third-order valence-electron chi connectivity index (χ3n) is 4.94. The summed E-state index contributed by atoms with van der Waals surface area (Å²) in [6, 6.07) is 13.1. The molecule has 0 fully saturated rings. The van der Waals surface area contributed by atoms with E-state index in [1.807, 2.05) is 69.0 Å². The molecule has 0 heterocycles. The standard InChI is InChI=1S/C25H34ClN3O3/c1-18(2)29(19(3)4)25(30)20-9-8-10-22(15-20)31-13-6-5-7-14-32-23-12-11-21(17-28-27)24(26)16-23/h8-12,15-19H,5-7,13-14,27H2,1-4H3. The molecular weight excluding hydrogens is 426 g/mol. The van der Waals surface area contributed by atoms with Gasteiger partial charge in [0, 0.05) is 23.2 Å². The summed E-state index contributed by atoms with van der Waals surface area (Å²) in [5.41, 5.74) is 1.41. The zero-order valence-electron chi connectivity index (χ0n) is 19.4. The van der Waals surface area contributed by atoms with Gasteiger partial charge < -0.3 is 20.2 Å². The highest BCUT2D eigenvalue weighted by atomic mass is 35.5. The van der Waals surface area contributed by atoms with Gasteiger partial charge in [-0.15, -0.1) is 0 Å². The average molecular weight is 460 g/mol. The minimum atomic E-state index is 0.0287. The van der Waals surface area contributed by atoms with Crippen molar-refractivity contribution in [1.29, 1.82) is 0 Å². The Morgan fingerprint density at radius 2 is 1.62 bits per heavy atom. The molecule has 6 nitrogen and oxygen atoms in total. The number of amides is 1. The van der Waals surface area contributed by atoms with Crippen molar-refractivity contribution in [1.82, 2.24) is 4.90 Å². The minimum absolute atomic E-state index is 0.0287. The van der Waals surface area contributed by atoms with E-state index in [1.54, 1.807) is 6.07 Å². The second kappa shape index (κ2) is 13.0. The lowest BCUT2D eigenvalue weighted by atomic mass is 10.1. The van der Waals surface area contributed by atoms with Crippen LogP contribution in [0.2, 0.25) is 5.02 Å². The van der Waals surface area contributed by atoms with Crippen LogP contribution in [0.25, 0.3) is 0 Å². The van der Waals surface area contributed by atoms with Crippen molar-refractivity contribution in [2.45, 2.75) is 59.0 Å². The number of carbonyl (C=O) groups excluding carboxylic acids is 1. The molecule has 0 saturated carbocycles. The van der Waals surface area contributed by atoms with Crippen LogP contribution in [0.1, 0.15) is 62.9 Å². The van der Waals surface area contributed by atoms with Gasteiger partial charge >= 0.3 is 0 Å². The summed E-state index contributed by atoms with van der Waals surface area (Å²) >= 11 is 6.16. The molecule has 0 aliphatic rings. The van der Waals surface area contributed by atoms with E-state index < -0.39 is 0 Å². The lowest BCUT2D eigenvalue weighted by Gasteiger charge is -2.31. The highest BCUT2D eigenvalue weighted by molar-refractivity contribution is 6.33. The fourth-order valence-corrected chi connectivity index (χ4v) is 3.70. The second-order valence-electron chi connectivity index (χ2n) is 8.15. The van der Waals surface area contributed by atoms with Crippen LogP contribution in [0.3, 0.4) is 0 Å². The molecule has 2 aromatic carbocycles. The van der Waals surface area contributed by atoms with Crippen molar-refractivity contribution in [2.75, 3.05) is 13.2 Å². The molecule has 0 atom stereocenters. The highest BCUT2D eigenvalue weighted by Crippen LogP contribution is 2.22. The largest absolute Gasteiger partial charge is 0.494 e. The Bertz CT molecular complexity index is 892. The summed E-state index contributed by atoms with van der Waals surface area (Å²) in [7, 11) is 0. The molecule has 2 N–H and O–H groups in total. The van der Waals surface area contributed by atoms with E-state index in [2.05, 4.69) is 5.10 Å². The number of ether oxygens (including phenoxy) is 2. The number of hydrogen-bond acceptors (Lipinski definition) is 5. The smallest absolute Gasteiger partial charge is 0.254 e. The zero-order chi connectivity index (χ0) is 23.5. The first-order valence-electron chi connectivity index (χ1n) is 11.0. The van der Waals surface area contributed by atoms with Crippen molar-refractivity contribution in [3.63, 3.8) is 0 Å². The highest BCUT2D eigenvalue weighted by Gasteiger charge is 2.21. The number of hydrazone groups is 1. The van der Waals surface area contributed by atoms with Crippen LogP contribution in [0, 0.1) is 0 Å². The first kappa shape index (κ1) is 25.5. The summed E-state index contributed by atoms with van der Waals surface area (Å²) in [4.78, 5) is 14.7. The summed E-state index contributed by atoms with van der Waals surface area (Å²) < 4.78 is 11.6. The Morgan fingerprint density at radius 1 is 1.00 bits per heavy atom. The van der Waals surface area contributed by atoms with E-state index >= 15 is 0 Å². The lowest BCUT2D eigenvalue weighted by Crippen LogP contribution is -2.42. The molecule has 0 aliphatic heterocycles. The molecule has 7 heteroatoms. The summed E-state index contributed by atoms with van der Waals surface area (Å²) in [5, 5.41) is 4.03. The third-order valence-corrected chi connectivity index (χ3v) is 5.27. The number of nitrogens with zero attached hydrogens (tertiary/aromatic N) is 2. The van der Waals surface area contributed by atoms with Gasteiger partial charge in [-0.2, -0.15) is 5.10 Å². The van der Waals surface area contributed by atoms with Gasteiger partial charge in [-0.1, -0.05) is 17.7 Å². The van der Waals surface area contributed by atoms with E-state index in [-0.39, 0.29) is 18.0 Å². The fraction of sp³-hybridized carbons (Fsp3) is 0.440. The van der Waals surface area contributed by atoms with Crippen LogP contribution in [0.15, 0.2) is 47.6 Å². The predicted octanol–water partition coefficient (Wildman–Crippen LogP) is 5.52. The Morgan fingerprint density at radius 3 is 2.19 bits per heavy atom. The van der Waals surface area contributed by atoms with Crippen LogP contribution < -0.4 is 15.3 Å². The quantitative estimate of drug-likeness (QED) is 0.196. The molecule has 2 aromatic rings. The molecule has 0 unspecified atom stereocenters. The number of carbonyl (C=O) groups is 1.